The minimum Gasteiger partial charge on any atom is -0.419 e. The summed E-state index contributed by atoms with van der Waals surface area (Å²) in [5, 5.41) is 2.79. The molecule has 0 aliphatic carbocycles. The van der Waals surface area contributed by atoms with Gasteiger partial charge in [-0.15, -0.1) is 0 Å². The minimum absolute atomic E-state index is 0.0286. The van der Waals surface area contributed by atoms with Gasteiger partial charge in [-0.2, -0.15) is 0 Å². The third-order valence-corrected chi connectivity index (χ3v) is 6.38. The molecule has 4 rings (SSSR count). The van der Waals surface area contributed by atoms with Crippen molar-refractivity contribution in [2.24, 2.45) is 0 Å². The van der Waals surface area contributed by atoms with Gasteiger partial charge < -0.3 is 18.9 Å². The fraction of sp³-hybridized carbons (Fsp3) is 0.111. The first-order chi connectivity index (χ1) is 20.8. The van der Waals surface area contributed by atoms with E-state index in [1.165, 1.54) is 33.8 Å². The van der Waals surface area contributed by atoms with E-state index in [1.807, 2.05) is 30.3 Å². The van der Waals surface area contributed by atoms with E-state index in [0.29, 0.717) is 16.3 Å². The minimum atomic E-state index is -0.682. The molecule has 8 nitrogen and oxygen atoms in total. The average Bonchev–Trinajstić information content (AvgIpc) is 2.97. The summed E-state index contributed by atoms with van der Waals surface area (Å²) in [6.45, 7) is 20.5. The molecular weight excluding hydrogens is 560 g/mol. The maximum atomic E-state index is 12.6. The molecule has 0 radical (unpaired) electrons. The summed E-state index contributed by atoms with van der Waals surface area (Å²) < 4.78 is 22.1. The zero-order valence-electron chi connectivity index (χ0n) is 24.9. The molecular formula is C36H30O8. The summed E-state index contributed by atoms with van der Waals surface area (Å²) in [6.07, 6.45) is 0. The Morgan fingerprint density at radius 1 is 0.500 bits per heavy atom. The van der Waals surface area contributed by atoms with Gasteiger partial charge in [-0.25, -0.2) is 19.2 Å². The van der Waals surface area contributed by atoms with Gasteiger partial charge in [-0.05, 0) is 85.3 Å². The lowest BCUT2D eigenvalue weighted by Gasteiger charge is -2.16. The van der Waals surface area contributed by atoms with Gasteiger partial charge in [0.15, 0.2) is 23.0 Å². The number of rotatable bonds is 9. The highest BCUT2D eigenvalue weighted by Crippen LogP contribution is 2.42. The molecule has 0 aromatic heterocycles. The number of benzene rings is 4. The molecule has 0 unspecified atom stereocenters. The molecule has 0 heterocycles. The van der Waals surface area contributed by atoms with Gasteiger partial charge in [0.05, 0.1) is 0 Å². The second-order valence-electron chi connectivity index (χ2n) is 10.3. The molecule has 44 heavy (non-hydrogen) atoms. The first-order valence-electron chi connectivity index (χ1n) is 13.4. The van der Waals surface area contributed by atoms with E-state index in [1.54, 1.807) is 24.3 Å². The Kier molecular flexibility index (Phi) is 8.95. The fourth-order valence-corrected chi connectivity index (χ4v) is 4.07. The van der Waals surface area contributed by atoms with Crippen LogP contribution in [0.2, 0.25) is 0 Å². The Bertz CT molecular complexity index is 1940. The summed E-state index contributed by atoms with van der Waals surface area (Å²) in [7, 11) is 0. The number of fused-ring (bicyclic) bond motifs is 2. The maximum Gasteiger partial charge on any atom is 0.338 e. The third kappa shape index (κ3) is 6.65. The van der Waals surface area contributed by atoms with E-state index in [2.05, 4.69) is 26.3 Å². The van der Waals surface area contributed by atoms with Crippen LogP contribution in [-0.4, -0.2) is 23.9 Å². The average molecular weight is 591 g/mol. The van der Waals surface area contributed by atoms with Crippen molar-refractivity contribution in [3.8, 4) is 34.1 Å². The van der Waals surface area contributed by atoms with Crippen LogP contribution >= 0.6 is 0 Å². The van der Waals surface area contributed by atoms with E-state index >= 15 is 0 Å². The van der Waals surface area contributed by atoms with Gasteiger partial charge in [0.2, 0.25) is 0 Å². The van der Waals surface area contributed by atoms with E-state index in [9.17, 15) is 19.2 Å². The molecule has 0 N–H and O–H groups in total. The van der Waals surface area contributed by atoms with Crippen molar-refractivity contribution in [1.82, 2.24) is 0 Å². The van der Waals surface area contributed by atoms with E-state index in [4.69, 9.17) is 18.9 Å². The summed E-state index contributed by atoms with van der Waals surface area (Å²) in [5.41, 5.74) is 2.13. The SMILES string of the molecule is C=C(C)C(=O)Oc1ccc(-c2cccc3cc4c(OC(=O)C(=C)C)c(OC(=O)C(=C)C)ccc4cc23)cc1OC(=O)C(=C)C. The molecule has 222 valence electrons. The molecule has 0 spiro atoms. The number of ether oxygens (including phenoxy) is 4. The highest BCUT2D eigenvalue weighted by molar-refractivity contribution is 6.08. The lowest BCUT2D eigenvalue weighted by Crippen LogP contribution is -2.13. The predicted octanol–water partition coefficient (Wildman–Crippen LogP) is 7.59. The zero-order chi connectivity index (χ0) is 32.3. The maximum absolute atomic E-state index is 12.6. The van der Waals surface area contributed by atoms with E-state index in [-0.39, 0.29) is 45.3 Å². The Balaban J connectivity index is 1.90. The van der Waals surface area contributed by atoms with Crippen LogP contribution in [0, 0.1) is 0 Å². The first-order valence-corrected chi connectivity index (χ1v) is 13.4. The highest BCUT2D eigenvalue weighted by Gasteiger charge is 2.20. The van der Waals surface area contributed by atoms with Crippen LogP contribution in [-0.2, 0) is 19.2 Å². The molecule has 4 aromatic carbocycles. The van der Waals surface area contributed by atoms with Gasteiger partial charge in [0.1, 0.15) is 0 Å². The van der Waals surface area contributed by atoms with Crippen LogP contribution in [0.3, 0.4) is 0 Å². The number of hydrogen-bond acceptors (Lipinski definition) is 8. The van der Waals surface area contributed by atoms with Crippen molar-refractivity contribution < 1.29 is 38.1 Å². The van der Waals surface area contributed by atoms with Crippen LogP contribution in [0.4, 0.5) is 0 Å². The normalized spacial score (nSPS) is 10.5. The number of esters is 4. The van der Waals surface area contributed by atoms with Crippen molar-refractivity contribution >= 4 is 45.4 Å². The Hall–Kier alpha value is -5.76. The van der Waals surface area contributed by atoms with Crippen LogP contribution in [0.1, 0.15) is 27.7 Å². The predicted molar refractivity (Wildman–Crippen MR) is 169 cm³/mol. The van der Waals surface area contributed by atoms with Crippen LogP contribution in [0.15, 0.2) is 109 Å². The summed E-state index contributed by atoms with van der Waals surface area (Å²) in [4.78, 5) is 49.5. The monoisotopic (exact) mass is 590 g/mol. The molecule has 4 aromatic rings. The zero-order valence-corrected chi connectivity index (χ0v) is 24.9. The molecule has 0 aliphatic heterocycles. The summed E-state index contributed by atoms with van der Waals surface area (Å²) >= 11 is 0. The van der Waals surface area contributed by atoms with Crippen LogP contribution in [0.25, 0.3) is 32.7 Å². The molecule has 0 saturated heterocycles. The van der Waals surface area contributed by atoms with Crippen molar-refractivity contribution in [2.75, 3.05) is 0 Å². The second-order valence-corrected chi connectivity index (χ2v) is 10.3. The molecule has 0 amide bonds. The third-order valence-electron chi connectivity index (χ3n) is 6.38. The molecule has 0 fully saturated rings. The van der Waals surface area contributed by atoms with Crippen molar-refractivity contribution in [3.05, 3.63) is 109 Å². The second kappa shape index (κ2) is 12.6. The van der Waals surface area contributed by atoms with E-state index < -0.39 is 23.9 Å². The molecule has 0 saturated carbocycles. The summed E-state index contributed by atoms with van der Waals surface area (Å²) in [5.74, 6) is -2.50. The van der Waals surface area contributed by atoms with Crippen molar-refractivity contribution in [3.63, 3.8) is 0 Å². The lowest BCUT2D eigenvalue weighted by atomic mass is 9.95. The van der Waals surface area contributed by atoms with Gasteiger partial charge >= 0.3 is 23.9 Å². The highest BCUT2D eigenvalue weighted by atomic mass is 16.6. The standard InChI is InChI=1S/C36H30O8/c1-19(2)33(37)41-29-14-12-25(18-31(29)43-35(39)21(5)6)26-11-9-10-23-17-28-24(16-27(23)26)13-15-30(42-34(38)20(3)4)32(28)44-36(40)22(7)8/h9-18H,1,3,5,7H2,2,4,6,8H3. The smallest absolute Gasteiger partial charge is 0.338 e. The number of carbonyl (C=O) groups is 4. The quantitative estimate of drug-likeness (QED) is 0.0850. The van der Waals surface area contributed by atoms with Crippen LogP contribution < -0.4 is 18.9 Å². The van der Waals surface area contributed by atoms with Gasteiger partial charge in [0, 0.05) is 27.7 Å². The Labute approximate surface area is 254 Å². The molecule has 0 bridgehead atoms. The van der Waals surface area contributed by atoms with Crippen molar-refractivity contribution in [1.29, 1.82) is 0 Å². The fourth-order valence-electron chi connectivity index (χ4n) is 4.07. The van der Waals surface area contributed by atoms with Gasteiger partial charge in [0.25, 0.3) is 0 Å². The van der Waals surface area contributed by atoms with Crippen molar-refractivity contribution in [2.45, 2.75) is 27.7 Å². The summed E-state index contributed by atoms with van der Waals surface area (Å²) in [6, 6.07) is 17.5. The van der Waals surface area contributed by atoms with E-state index in [0.717, 1.165) is 16.3 Å². The van der Waals surface area contributed by atoms with Crippen LogP contribution in [0.5, 0.6) is 23.0 Å². The lowest BCUT2D eigenvalue weighted by molar-refractivity contribution is -0.132. The largest absolute Gasteiger partial charge is 0.419 e. The number of carbonyl (C=O) groups excluding carboxylic acids is 4. The Morgan fingerprint density at radius 2 is 0.977 bits per heavy atom. The van der Waals surface area contributed by atoms with Gasteiger partial charge in [-0.1, -0.05) is 56.6 Å². The molecule has 0 aliphatic rings. The Morgan fingerprint density at radius 3 is 1.57 bits per heavy atom. The van der Waals surface area contributed by atoms with Gasteiger partial charge in [-0.3, -0.25) is 0 Å². The topological polar surface area (TPSA) is 105 Å². The molecule has 0 atom stereocenters. The molecule has 8 heteroatoms. The first kappa shape index (κ1) is 31.2. The number of hydrogen-bond donors (Lipinski definition) is 0.